The van der Waals surface area contributed by atoms with Crippen LogP contribution in [0.2, 0.25) is 0 Å². The van der Waals surface area contributed by atoms with Gasteiger partial charge in [-0.3, -0.25) is 9.48 Å². The highest BCUT2D eigenvalue weighted by Crippen LogP contribution is 2.12. The van der Waals surface area contributed by atoms with Gasteiger partial charge in [0.2, 0.25) is 0 Å². The van der Waals surface area contributed by atoms with Crippen molar-refractivity contribution in [3.8, 4) is 11.6 Å². The lowest BCUT2D eigenvalue weighted by atomic mass is 10.4. The Labute approximate surface area is 92.9 Å². The van der Waals surface area contributed by atoms with Crippen LogP contribution in [0.15, 0.2) is 29.2 Å². The molecule has 2 aromatic rings. The van der Waals surface area contributed by atoms with Crippen molar-refractivity contribution in [2.75, 3.05) is 7.11 Å². The summed E-state index contributed by atoms with van der Waals surface area (Å²) in [7, 11) is 3.40. The first-order chi connectivity index (χ1) is 7.63. The number of hydrogen-bond donors (Lipinski definition) is 0. The van der Waals surface area contributed by atoms with E-state index < -0.39 is 0 Å². The first-order valence-corrected chi connectivity index (χ1v) is 4.89. The Bertz CT molecular complexity index is 569. The van der Waals surface area contributed by atoms with Crippen LogP contribution in [0.1, 0.15) is 5.69 Å². The zero-order chi connectivity index (χ0) is 11.7. The topological polar surface area (TPSA) is 49.1 Å². The zero-order valence-corrected chi connectivity index (χ0v) is 9.47. The Morgan fingerprint density at radius 2 is 2.12 bits per heavy atom. The van der Waals surface area contributed by atoms with Gasteiger partial charge in [-0.15, -0.1) is 0 Å². The van der Waals surface area contributed by atoms with Crippen LogP contribution in [0, 0.1) is 6.92 Å². The third-order valence-corrected chi connectivity index (χ3v) is 2.52. The maximum atomic E-state index is 11.7. The quantitative estimate of drug-likeness (QED) is 0.753. The molecule has 84 valence electrons. The molecule has 0 aliphatic carbocycles. The monoisotopic (exact) mass is 219 g/mol. The van der Waals surface area contributed by atoms with E-state index in [4.69, 9.17) is 4.74 Å². The number of aromatic nitrogens is 3. The van der Waals surface area contributed by atoms with E-state index >= 15 is 0 Å². The van der Waals surface area contributed by atoms with Gasteiger partial charge in [-0.05, 0) is 13.0 Å². The molecule has 0 atom stereocenters. The normalized spacial score (nSPS) is 10.4. The summed E-state index contributed by atoms with van der Waals surface area (Å²) in [6.45, 7) is 1.87. The number of hydrogen-bond acceptors (Lipinski definition) is 3. The van der Waals surface area contributed by atoms with Crippen LogP contribution < -0.4 is 10.3 Å². The minimum Gasteiger partial charge on any atom is -0.497 e. The van der Waals surface area contributed by atoms with Crippen molar-refractivity contribution in [2.45, 2.75) is 6.92 Å². The third kappa shape index (κ3) is 1.60. The molecule has 5 nitrogen and oxygen atoms in total. The van der Waals surface area contributed by atoms with Gasteiger partial charge in [0, 0.05) is 31.1 Å². The Morgan fingerprint density at radius 3 is 2.69 bits per heavy atom. The molecule has 0 N–H and O–H groups in total. The van der Waals surface area contributed by atoms with Crippen molar-refractivity contribution in [1.82, 2.24) is 14.3 Å². The minimum atomic E-state index is -0.0965. The fourth-order valence-corrected chi connectivity index (χ4v) is 1.55. The highest BCUT2D eigenvalue weighted by Gasteiger charge is 2.08. The summed E-state index contributed by atoms with van der Waals surface area (Å²) in [5, 5.41) is 0. The van der Waals surface area contributed by atoms with Crippen LogP contribution in [-0.2, 0) is 7.05 Å². The number of ether oxygens (including phenoxy) is 1. The molecule has 0 aromatic carbocycles. The van der Waals surface area contributed by atoms with E-state index in [0.717, 1.165) is 5.69 Å². The van der Waals surface area contributed by atoms with E-state index in [0.29, 0.717) is 11.6 Å². The van der Waals surface area contributed by atoms with Gasteiger partial charge in [0.25, 0.3) is 5.56 Å². The molecular weight excluding hydrogens is 206 g/mol. The summed E-state index contributed by atoms with van der Waals surface area (Å²) in [6.07, 6.45) is 1.61. The Hall–Kier alpha value is -2.04. The average molecular weight is 219 g/mol. The van der Waals surface area contributed by atoms with Crippen LogP contribution in [-0.4, -0.2) is 21.5 Å². The van der Waals surface area contributed by atoms with Gasteiger partial charge in [0.15, 0.2) is 5.82 Å². The lowest BCUT2D eigenvalue weighted by Gasteiger charge is -2.08. The van der Waals surface area contributed by atoms with Crippen LogP contribution in [0.4, 0.5) is 0 Å². The Morgan fingerprint density at radius 1 is 1.38 bits per heavy atom. The lowest BCUT2D eigenvalue weighted by Crippen LogP contribution is -2.20. The number of methoxy groups -OCH3 is 1. The summed E-state index contributed by atoms with van der Waals surface area (Å²) < 4.78 is 8.35. The predicted molar refractivity (Wildman–Crippen MR) is 60.1 cm³/mol. The fourth-order valence-electron chi connectivity index (χ4n) is 1.55. The maximum absolute atomic E-state index is 11.7. The van der Waals surface area contributed by atoms with Gasteiger partial charge in [0.05, 0.1) is 7.11 Å². The molecule has 0 saturated carbocycles. The smallest absolute Gasteiger partial charge is 0.273 e. The third-order valence-electron chi connectivity index (χ3n) is 2.52. The van der Waals surface area contributed by atoms with Crippen molar-refractivity contribution in [3.63, 3.8) is 0 Å². The fraction of sp³-hybridized carbons (Fsp3) is 0.273. The second-order valence-electron chi connectivity index (χ2n) is 3.51. The van der Waals surface area contributed by atoms with Crippen molar-refractivity contribution in [2.24, 2.45) is 7.05 Å². The lowest BCUT2D eigenvalue weighted by molar-refractivity contribution is 0.413. The van der Waals surface area contributed by atoms with Gasteiger partial charge < -0.3 is 4.74 Å². The standard InChI is InChI=1S/C11H13N3O2/c1-8-6-11(15)14(13(8)2)10-7-9(16-3)4-5-12-10/h4-7H,1-3H3. The molecule has 0 radical (unpaired) electrons. The molecule has 0 aliphatic heterocycles. The van der Waals surface area contributed by atoms with Crippen LogP contribution in [0.25, 0.3) is 5.82 Å². The summed E-state index contributed by atoms with van der Waals surface area (Å²) >= 11 is 0. The van der Waals surface area contributed by atoms with E-state index in [1.54, 1.807) is 36.2 Å². The van der Waals surface area contributed by atoms with Gasteiger partial charge in [-0.25, -0.2) is 4.98 Å². The predicted octanol–water partition coefficient (Wildman–Crippen LogP) is 0.888. The number of nitrogens with zero attached hydrogens (tertiary/aromatic N) is 3. The molecule has 16 heavy (non-hydrogen) atoms. The van der Waals surface area contributed by atoms with Gasteiger partial charge in [-0.2, -0.15) is 4.68 Å². The van der Waals surface area contributed by atoms with Crippen molar-refractivity contribution < 1.29 is 4.74 Å². The molecule has 2 aromatic heterocycles. The van der Waals surface area contributed by atoms with E-state index in [1.807, 2.05) is 14.0 Å². The van der Waals surface area contributed by atoms with E-state index in [9.17, 15) is 4.79 Å². The van der Waals surface area contributed by atoms with Gasteiger partial charge >= 0.3 is 0 Å². The zero-order valence-electron chi connectivity index (χ0n) is 9.47. The van der Waals surface area contributed by atoms with Crippen molar-refractivity contribution in [1.29, 1.82) is 0 Å². The number of aryl methyl sites for hydroxylation is 1. The van der Waals surface area contributed by atoms with Crippen LogP contribution in [0.3, 0.4) is 0 Å². The van der Waals surface area contributed by atoms with Gasteiger partial charge in [0.1, 0.15) is 5.75 Å². The molecule has 5 heteroatoms. The number of pyridine rings is 1. The Balaban J connectivity index is 2.62. The summed E-state index contributed by atoms with van der Waals surface area (Å²) in [5.74, 6) is 1.23. The van der Waals surface area contributed by atoms with Crippen molar-refractivity contribution >= 4 is 0 Å². The molecule has 2 rings (SSSR count). The SMILES string of the molecule is COc1ccnc(-n2c(=O)cc(C)n2C)c1. The molecule has 0 aliphatic rings. The number of rotatable bonds is 2. The van der Waals surface area contributed by atoms with Crippen molar-refractivity contribution in [3.05, 3.63) is 40.4 Å². The molecule has 0 saturated heterocycles. The average Bonchev–Trinajstić information content (AvgIpc) is 2.53. The minimum absolute atomic E-state index is 0.0965. The molecule has 2 heterocycles. The second-order valence-corrected chi connectivity index (χ2v) is 3.51. The highest BCUT2D eigenvalue weighted by atomic mass is 16.5. The summed E-state index contributed by atoms with van der Waals surface area (Å²) in [4.78, 5) is 15.9. The van der Waals surface area contributed by atoms with Crippen LogP contribution in [0.5, 0.6) is 5.75 Å². The molecule has 0 spiro atoms. The first kappa shape index (κ1) is 10.5. The summed E-state index contributed by atoms with van der Waals surface area (Å²) in [6, 6.07) is 5.03. The molecular formula is C11H13N3O2. The second kappa shape index (κ2) is 3.84. The Kier molecular flexibility index (Phi) is 2.52. The maximum Gasteiger partial charge on any atom is 0.273 e. The van der Waals surface area contributed by atoms with E-state index in [-0.39, 0.29) is 5.56 Å². The molecule has 0 unspecified atom stereocenters. The first-order valence-electron chi connectivity index (χ1n) is 4.89. The molecule has 0 fully saturated rings. The summed E-state index contributed by atoms with van der Waals surface area (Å²) in [5.41, 5.74) is 0.787. The van der Waals surface area contributed by atoms with Crippen LogP contribution >= 0.6 is 0 Å². The largest absolute Gasteiger partial charge is 0.497 e. The molecule has 0 amide bonds. The van der Waals surface area contributed by atoms with Gasteiger partial charge in [-0.1, -0.05) is 0 Å². The molecule has 0 bridgehead atoms. The highest BCUT2D eigenvalue weighted by molar-refractivity contribution is 5.31. The van der Waals surface area contributed by atoms with E-state index in [1.165, 1.54) is 4.68 Å². The van der Waals surface area contributed by atoms with E-state index in [2.05, 4.69) is 4.98 Å².